The van der Waals surface area contributed by atoms with Gasteiger partial charge < -0.3 is 9.30 Å². The van der Waals surface area contributed by atoms with E-state index in [1.54, 1.807) is 31.7 Å². The van der Waals surface area contributed by atoms with E-state index < -0.39 is 0 Å². The number of aromatic nitrogens is 1. The minimum Gasteiger partial charge on any atom is -0.461 e. The van der Waals surface area contributed by atoms with Crippen molar-refractivity contribution in [2.45, 2.75) is 13.8 Å². The summed E-state index contributed by atoms with van der Waals surface area (Å²) in [5.41, 5.74) is 1.63. The average Bonchev–Trinajstić information content (AvgIpc) is 2.41. The van der Waals surface area contributed by atoms with Gasteiger partial charge in [-0.15, -0.1) is 0 Å². The SMILES string of the molecule is CCOC(=O)c1c(C)c(C#N)cn1C. The molecule has 0 saturated heterocycles. The minimum absolute atomic E-state index is 0.339. The van der Waals surface area contributed by atoms with Crippen LogP contribution >= 0.6 is 0 Å². The van der Waals surface area contributed by atoms with Gasteiger partial charge in [0.2, 0.25) is 0 Å². The zero-order valence-corrected chi connectivity index (χ0v) is 8.50. The number of carbonyl (C=O) groups is 1. The predicted molar refractivity (Wildman–Crippen MR) is 50.8 cm³/mol. The van der Waals surface area contributed by atoms with Crippen LogP contribution in [0.25, 0.3) is 0 Å². The molecule has 1 aromatic heterocycles. The molecule has 0 fully saturated rings. The van der Waals surface area contributed by atoms with Gasteiger partial charge in [-0.05, 0) is 19.4 Å². The van der Waals surface area contributed by atoms with Crippen LogP contribution in [0.3, 0.4) is 0 Å². The lowest BCUT2D eigenvalue weighted by atomic mass is 10.2. The number of carbonyl (C=O) groups excluding carboxylic acids is 1. The van der Waals surface area contributed by atoms with E-state index in [2.05, 4.69) is 0 Å². The van der Waals surface area contributed by atoms with Gasteiger partial charge >= 0.3 is 5.97 Å². The Morgan fingerprint density at radius 3 is 2.79 bits per heavy atom. The summed E-state index contributed by atoms with van der Waals surface area (Å²) in [6.45, 7) is 3.83. The second kappa shape index (κ2) is 3.97. The highest BCUT2D eigenvalue weighted by Gasteiger charge is 2.17. The lowest BCUT2D eigenvalue weighted by molar-refractivity contribution is 0.0514. The summed E-state index contributed by atoms with van der Waals surface area (Å²) >= 11 is 0. The van der Waals surface area contributed by atoms with Crippen molar-refractivity contribution < 1.29 is 9.53 Å². The maximum atomic E-state index is 11.5. The summed E-state index contributed by atoms with van der Waals surface area (Å²) in [7, 11) is 1.72. The molecule has 0 saturated carbocycles. The van der Waals surface area contributed by atoms with E-state index >= 15 is 0 Å². The minimum atomic E-state index is -0.381. The Morgan fingerprint density at radius 1 is 1.71 bits per heavy atom. The van der Waals surface area contributed by atoms with Crippen molar-refractivity contribution in [1.29, 1.82) is 5.26 Å². The van der Waals surface area contributed by atoms with Gasteiger partial charge in [0.15, 0.2) is 0 Å². The Balaban J connectivity index is 3.15. The molecule has 0 bridgehead atoms. The first-order valence-corrected chi connectivity index (χ1v) is 4.35. The fourth-order valence-corrected chi connectivity index (χ4v) is 1.36. The second-order valence-corrected chi connectivity index (χ2v) is 2.96. The fraction of sp³-hybridized carbons (Fsp3) is 0.400. The number of esters is 1. The Morgan fingerprint density at radius 2 is 2.36 bits per heavy atom. The lowest BCUT2D eigenvalue weighted by Gasteiger charge is -2.03. The summed E-state index contributed by atoms with van der Waals surface area (Å²) in [5, 5.41) is 8.75. The monoisotopic (exact) mass is 192 g/mol. The van der Waals surface area contributed by atoms with Gasteiger partial charge in [0.1, 0.15) is 11.8 Å². The number of hydrogen-bond donors (Lipinski definition) is 0. The summed E-state index contributed by atoms with van der Waals surface area (Å²) in [6, 6.07) is 2.02. The summed E-state index contributed by atoms with van der Waals surface area (Å²) in [4.78, 5) is 11.5. The van der Waals surface area contributed by atoms with Crippen LogP contribution in [0.2, 0.25) is 0 Å². The molecule has 0 atom stereocenters. The molecule has 0 unspecified atom stereocenters. The molecule has 74 valence electrons. The molecular formula is C10H12N2O2. The van der Waals surface area contributed by atoms with Crippen molar-refractivity contribution in [3.05, 3.63) is 23.0 Å². The van der Waals surface area contributed by atoms with Gasteiger partial charge in [-0.2, -0.15) is 5.26 Å². The highest BCUT2D eigenvalue weighted by molar-refractivity contribution is 5.90. The van der Waals surface area contributed by atoms with Crippen LogP contribution in [0.1, 0.15) is 28.5 Å². The maximum Gasteiger partial charge on any atom is 0.355 e. The topological polar surface area (TPSA) is 55.0 Å². The molecule has 0 aliphatic carbocycles. The molecule has 1 rings (SSSR count). The third kappa shape index (κ3) is 1.62. The third-order valence-corrected chi connectivity index (χ3v) is 2.02. The van der Waals surface area contributed by atoms with E-state index in [0.29, 0.717) is 23.4 Å². The first-order valence-electron chi connectivity index (χ1n) is 4.35. The molecule has 4 heteroatoms. The zero-order chi connectivity index (χ0) is 10.7. The van der Waals surface area contributed by atoms with Crippen molar-refractivity contribution in [1.82, 2.24) is 4.57 Å². The predicted octanol–water partition coefficient (Wildman–Crippen LogP) is 1.38. The van der Waals surface area contributed by atoms with Gasteiger partial charge in [-0.3, -0.25) is 0 Å². The van der Waals surface area contributed by atoms with Crippen LogP contribution in [-0.2, 0) is 11.8 Å². The quantitative estimate of drug-likeness (QED) is 0.665. The fourth-order valence-electron chi connectivity index (χ4n) is 1.36. The van der Waals surface area contributed by atoms with Gasteiger partial charge in [-0.1, -0.05) is 0 Å². The molecule has 0 radical (unpaired) electrons. The number of ether oxygens (including phenoxy) is 1. The van der Waals surface area contributed by atoms with E-state index in [0.717, 1.165) is 0 Å². The number of nitriles is 1. The molecule has 0 aliphatic rings. The first kappa shape index (κ1) is 10.3. The Labute approximate surface area is 82.7 Å². The van der Waals surface area contributed by atoms with E-state index in [4.69, 9.17) is 10.00 Å². The summed E-state index contributed by atoms with van der Waals surface area (Å²) < 4.78 is 6.50. The van der Waals surface area contributed by atoms with E-state index in [-0.39, 0.29) is 5.97 Å². The molecule has 0 N–H and O–H groups in total. The number of aryl methyl sites for hydroxylation is 1. The molecule has 1 aromatic rings. The van der Waals surface area contributed by atoms with Crippen molar-refractivity contribution >= 4 is 5.97 Å². The van der Waals surface area contributed by atoms with Crippen LogP contribution < -0.4 is 0 Å². The zero-order valence-electron chi connectivity index (χ0n) is 8.50. The van der Waals surface area contributed by atoms with Gasteiger partial charge in [-0.25, -0.2) is 4.79 Å². The molecule has 0 aromatic carbocycles. The smallest absolute Gasteiger partial charge is 0.355 e. The summed E-state index contributed by atoms with van der Waals surface area (Å²) in [5.74, 6) is -0.381. The highest BCUT2D eigenvalue weighted by Crippen LogP contribution is 2.15. The van der Waals surface area contributed by atoms with Gasteiger partial charge in [0, 0.05) is 13.2 Å². The average molecular weight is 192 g/mol. The summed E-state index contributed by atoms with van der Waals surface area (Å²) in [6.07, 6.45) is 1.63. The van der Waals surface area contributed by atoms with Crippen LogP contribution in [0.15, 0.2) is 6.20 Å². The van der Waals surface area contributed by atoms with Crippen LogP contribution in [0.5, 0.6) is 0 Å². The van der Waals surface area contributed by atoms with E-state index in [1.807, 2.05) is 6.07 Å². The van der Waals surface area contributed by atoms with Crippen LogP contribution in [-0.4, -0.2) is 17.1 Å². The normalized spacial score (nSPS) is 9.57. The second-order valence-electron chi connectivity index (χ2n) is 2.96. The van der Waals surface area contributed by atoms with Crippen LogP contribution in [0.4, 0.5) is 0 Å². The standard InChI is InChI=1S/C10H12N2O2/c1-4-14-10(13)9-7(2)8(5-11)6-12(9)3/h6H,4H2,1-3H3. The Hall–Kier alpha value is -1.76. The molecule has 1 heterocycles. The molecule has 14 heavy (non-hydrogen) atoms. The highest BCUT2D eigenvalue weighted by atomic mass is 16.5. The molecule has 4 nitrogen and oxygen atoms in total. The third-order valence-electron chi connectivity index (χ3n) is 2.02. The molecular weight excluding hydrogens is 180 g/mol. The van der Waals surface area contributed by atoms with Gasteiger partial charge in [0.05, 0.1) is 12.2 Å². The molecule has 0 spiro atoms. The van der Waals surface area contributed by atoms with E-state index in [9.17, 15) is 4.79 Å². The van der Waals surface area contributed by atoms with Crippen molar-refractivity contribution in [2.75, 3.05) is 6.61 Å². The van der Waals surface area contributed by atoms with Crippen molar-refractivity contribution in [2.24, 2.45) is 7.05 Å². The van der Waals surface area contributed by atoms with Crippen molar-refractivity contribution in [3.8, 4) is 6.07 Å². The lowest BCUT2D eigenvalue weighted by Crippen LogP contribution is -2.10. The first-order chi connectivity index (χ1) is 6.61. The Bertz CT molecular complexity index is 399. The Kier molecular flexibility index (Phi) is 2.92. The van der Waals surface area contributed by atoms with Crippen molar-refractivity contribution in [3.63, 3.8) is 0 Å². The maximum absolute atomic E-state index is 11.5. The molecule has 0 amide bonds. The van der Waals surface area contributed by atoms with E-state index in [1.165, 1.54) is 0 Å². The molecule has 0 aliphatic heterocycles. The number of rotatable bonds is 2. The largest absolute Gasteiger partial charge is 0.461 e. The number of nitrogens with zero attached hydrogens (tertiary/aromatic N) is 2. The number of hydrogen-bond acceptors (Lipinski definition) is 3. The van der Waals surface area contributed by atoms with Crippen LogP contribution in [0, 0.1) is 18.3 Å². The van der Waals surface area contributed by atoms with Gasteiger partial charge in [0.25, 0.3) is 0 Å².